The van der Waals surface area contributed by atoms with Crippen molar-refractivity contribution in [3.05, 3.63) is 0 Å². The lowest BCUT2D eigenvalue weighted by Gasteiger charge is -2.21. The molecule has 0 radical (unpaired) electrons. The van der Waals surface area contributed by atoms with E-state index in [1.54, 1.807) is 0 Å². The predicted molar refractivity (Wildman–Crippen MR) is 67.3 cm³/mol. The molecule has 18 heavy (non-hydrogen) atoms. The minimum absolute atomic E-state index is 0.122. The Hall–Kier alpha value is -0.700. The third kappa shape index (κ3) is 7.59. The SMILES string of the molecule is CC(C)CC(NS(C)(=O)=O)C(=O)NC(CO)CO. The van der Waals surface area contributed by atoms with Gasteiger partial charge in [-0.15, -0.1) is 0 Å². The number of carbonyl (C=O) groups is 1. The van der Waals surface area contributed by atoms with Gasteiger partial charge in [-0.3, -0.25) is 4.79 Å². The molecule has 0 fully saturated rings. The van der Waals surface area contributed by atoms with Crippen LogP contribution in [0.2, 0.25) is 0 Å². The quantitative estimate of drug-likeness (QED) is 0.429. The van der Waals surface area contributed by atoms with E-state index in [2.05, 4.69) is 10.0 Å². The molecule has 0 spiro atoms. The molecule has 0 aliphatic rings. The van der Waals surface area contributed by atoms with Gasteiger partial charge in [0.1, 0.15) is 6.04 Å². The zero-order valence-electron chi connectivity index (χ0n) is 10.9. The Kier molecular flexibility index (Phi) is 7.37. The maximum Gasteiger partial charge on any atom is 0.238 e. The second-order valence-electron chi connectivity index (χ2n) is 4.64. The molecule has 1 unspecified atom stereocenters. The summed E-state index contributed by atoms with van der Waals surface area (Å²) in [5.74, 6) is -0.432. The number of aliphatic hydroxyl groups is 2. The third-order valence-corrected chi connectivity index (χ3v) is 2.88. The van der Waals surface area contributed by atoms with E-state index in [0.29, 0.717) is 6.42 Å². The van der Waals surface area contributed by atoms with E-state index in [9.17, 15) is 13.2 Å². The van der Waals surface area contributed by atoms with E-state index < -0.39 is 41.2 Å². The number of hydrogen-bond donors (Lipinski definition) is 4. The highest BCUT2D eigenvalue weighted by molar-refractivity contribution is 7.88. The molecule has 0 bridgehead atoms. The molecular formula is C10H22N2O5S. The van der Waals surface area contributed by atoms with E-state index in [0.717, 1.165) is 6.26 Å². The van der Waals surface area contributed by atoms with Crippen LogP contribution in [0, 0.1) is 5.92 Å². The fourth-order valence-corrected chi connectivity index (χ4v) is 2.11. The summed E-state index contributed by atoms with van der Waals surface area (Å²) in [7, 11) is -3.50. The van der Waals surface area contributed by atoms with Crippen LogP contribution in [0.5, 0.6) is 0 Å². The van der Waals surface area contributed by atoms with Crippen LogP contribution in [0.4, 0.5) is 0 Å². The summed E-state index contributed by atoms with van der Waals surface area (Å²) < 4.78 is 24.6. The second-order valence-corrected chi connectivity index (χ2v) is 6.42. The van der Waals surface area contributed by atoms with Crippen molar-refractivity contribution in [2.75, 3.05) is 19.5 Å². The number of amides is 1. The Balaban J connectivity index is 4.69. The molecular weight excluding hydrogens is 260 g/mol. The smallest absolute Gasteiger partial charge is 0.238 e. The van der Waals surface area contributed by atoms with Gasteiger partial charge in [0, 0.05) is 0 Å². The first-order chi connectivity index (χ1) is 8.19. The Morgan fingerprint density at radius 1 is 1.22 bits per heavy atom. The molecule has 0 aliphatic carbocycles. The molecule has 0 rings (SSSR count). The molecule has 7 nitrogen and oxygen atoms in total. The largest absolute Gasteiger partial charge is 0.394 e. The van der Waals surface area contributed by atoms with Crippen molar-refractivity contribution in [1.29, 1.82) is 0 Å². The maximum atomic E-state index is 11.8. The molecule has 0 aromatic heterocycles. The molecule has 0 saturated heterocycles. The van der Waals surface area contributed by atoms with Gasteiger partial charge >= 0.3 is 0 Å². The van der Waals surface area contributed by atoms with Gasteiger partial charge in [-0.2, -0.15) is 0 Å². The van der Waals surface area contributed by atoms with Crippen LogP contribution in [0.25, 0.3) is 0 Å². The Labute approximate surface area is 108 Å². The van der Waals surface area contributed by atoms with Gasteiger partial charge in [0.25, 0.3) is 0 Å². The highest BCUT2D eigenvalue weighted by atomic mass is 32.2. The van der Waals surface area contributed by atoms with Crippen LogP contribution in [-0.4, -0.2) is 56.1 Å². The zero-order chi connectivity index (χ0) is 14.3. The average molecular weight is 282 g/mol. The van der Waals surface area contributed by atoms with Crippen molar-refractivity contribution in [2.45, 2.75) is 32.4 Å². The minimum atomic E-state index is -3.50. The summed E-state index contributed by atoms with van der Waals surface area (Å²) in [6.45, 7) is 2.91. The van der Waals surface area contributed by atoms with Gasteiger partial charge in [0.05, 0.1) is 25.5 Å². The maximum absolute atomic E-state index is 11.8. The Morgan fingerprint density at radius 3 is 2.06 bits per heavy atom. The van der Waals surface area contributed by atoms with Gasteiger partial charge < -0.3 is 15.5 Å². The molecule has 4 N–H and O–H groups in total. The molecule has 0 heterocycles. The summed E-state index contributed by atoms with van der Waals surface area (Å²) >= 11 is 0. The first-order valence-corrected chi connectivity index (χ1v) is 7.58. The lowest BCUT2D eigenvalue weighted by Crippen LogP contribution is -2.51. The third-order valence-electron chi connectivity index (χ3n) is 2.17. The van der Waals surface area contributed by atoms with Crippen LogP contribution >= 0.6 is 0 Å². The van der Waals surface area contributed by atoms with E-state index >= 15 is 0 Å². The zero-order valence-corrected chi connectivity index (χ0v) is 11.7. The predicted octanol–water partition coefficient (Wildman–Crippen LogP) is -1.58. The fourth-order valence-electron chi connectivity index (χ4n) is 1.39. The van der Waals surface area contributed by atoms with E-state index in [1.165, 1.54) is 0 Å². The van der Waals surface area contributed by atoms with Crippen LogP contribution in [0.1, 0.15) is 20.3 Å². The Bertz CT molecular complexity index is 351. The molecule has 1 amide bonds. The Morgan fingerprint density at radius 2 is 1.72 bits per heavy atom. The van der Waals surface area contributed by atoms with Gasteiger partial charge in [0.2, 0.25) is 15.9 Å². The minimum Gasteiger partial charge on any atom is -0.394 e. The van der Waals surface area contributed by atoms with Gasteiger partial charge in [-0.05, 0) is 12.3 Å². The molecule has 0 saturated carbocycles. The number of carbonyl (C=O) groups excluding carboxylic acids is 1. The van der Waals surface area contributed by atoms with Gasteiger partial charge in [0.15, 0.2) is 0 Å². The van der Waals surface area contributed by atoms with Crippen molar-refractivity contribution in [3.63, 3.8) is 0 Å². The van der Waals surface area contributed by atoms with Crippen molar-refractivity contribution in [1.82, 2.24) is 10.0 Å². The standard InChI is InChI=1S/C10H22N2O5S/c1-7(2)4-9(12-18(3,16)17)10(15)11-8(5-13)6-14/h7-9,12-14H,4-6H2,1-3H3,(H,11,15). The summed E-state index contributed by atoms with van der Waals surface area (Å²) in [5.41, 5.74) is 0. The van der Waals surface area contributed by atoms with Crippen molar-refractivity contribution in [3.8, 4) is 0 Å². The lowest BCUT2D eigenvalue weighted by atomic mass is 10.0. The average Bonchev–Trinajstić information content (AvgIpc) is 2.22. The van der Waals surface area contributed by atoms with Crippen LogP contribution in [0.15, 0.2) is 0 Å². The number of hydrogen-bond acceptors (Lipinski definition) is 5. The van der Waals surface area contributed by atoms with Gasteiger partial charge in [-0.25, -0.2) is 13.1 Å². The molecule has 0 aromatic carbocycles. The number of rotatable bonds is 8. The number of aliphatic hydroxyl groups excluding tert-OH is 2. The normalized spacial score (nSPS) is 13.9. The second kappa shape index (κ2) is 7.67. The summed E-state index contributed by atoms with van der Waals surface area (Å²) in [6.07, 6.45) is 1.31. The van der Waals surface area contributed by atoms with Crippen LogP contribution in [0.3, 0.4) is 0 Å². The molecule has 8 heteroatoms. The van der Waals surface area contributed by atoms with Crippen molar-refractivity contribution in [2.24, 2.45) is 5.92 Å². The van der Waals surface area contributed by atoms with Gasteiger partial charge in [-0.1, -0.05) is 13.8 Å². The van der Waals surface area contributed by atoms with E-state index in [4.69, 9.17) is 10.2 Å². The first-order valence-electron chi connectivity index (χ1n) is 5.69. The monoisotopic (exact) mass is 282 g/mol. The van der Waals surface area contributed by atoms with Crippen molar-refractivity contribution >= 4 is 15.9 Å². The molecule has 0 aliphatic heterocycles. The van der Waals surface area contributed by atoms with E-state index in [-0.39, 0.29) is 5.92 Å². The molecule has 108 valence electrons. The number of nitrogens with one attached hydrogen (secondary N) is 2. The molecule has 0 aromatic rings. The van der Waals surface area contributed by atoms with Crippen molar-refractivity contribution < 1.29 is 23.4 Å². The number of sulfonamides is 1. The molecule has 1 atom stereocenters. The lowest BCUT2D eigenvalue weighted by molar-refractivity contribution is -0.124. The highest BCUT2D eigenvalue weighted by Crippen LogP contribution is 2.06. The fraction of sp³-hybridized carbons (Fsp3) is 0.900. The van der Waals surface area contributed by atoms with E-state index in [1.807, 2.05) is 13.8 Å². The van der Waals surface area contributed by atoms with Crippen LogP contribution < -0.4 is 10.0 Å². The first kappa shape index (κ1) is 17.3. The summed E-state index contributed by atoms with van der Waals surface area (Å²) in [5, 5.41) is 20.1. The topological polar surface area (TPSA) is 116 Å². The summed E-state index contributed by atoms with van der Waals surface area (Å²) in [6, 6.07) is -1.69. The van der Waals surface area contributed by atoms with Crippen LogP contribution in [-0.2, 0) is 14.8 Å². The highest BCUT2D eigenvalue weighted by Gasteiger charge is 2.24. The summed E-state index contributed by atoms with van der Waals surface area (Å²) in [4.78, 5) is 11.8.